The van der Waals surface area contributed by atoms with Crippen LogP contribution in [0.25, 0.3) is 0 Å². The number of unbranched alkanes of at least 4 members (excludes halogenated alkanes) is 5. The molecule has 0 heterocycles. The fourth-order valence-corrected chi connectivity index (χ4v) is 1.31. The first kappa shape index (κ1) is 14.2. The Morgan fingerprint density at radius 1 is 0.800 bits per heavy atom. The quantitative estimate of drug-likeness (QED) is 0.357. The molecule has 0 aromatic carbocycles. The van der Waals surface area contributed by atoms with Gasteiger partial charge in [0.1, 0.15) is 0 Å². The topological polar surface area (TPSA) is 0 Å². The minimum atomic E-state index is 1.09. The van der Waals surface area contributed by atoms with Crippen LogP contribution in [0.2, 0.25) is 0 Å². The molecule has 0 unspecified atom stereocenters. The van der Waals surface area contributed by atoms with Gasteiger partial charge in [-0.2, -0.15) is 0 Å². The Bertz CT molecular complexity index is 184. The van der Waals surface area contributed by atoms with Gasteiger partial charge in [-0.1, -0.05) is 76.0 Å². The van der Waals surface area contributed by atoms with Gasteiger partial charge in [-0.15, -0.1) is 0 Å². The Labute approximate surface area is 95.8 Å². The second-order valence-electron chi connectivity index (χ2n) is 3.71. The summed E-state index contributed by atoms with van der Waals surface area (Å²) < 4.78 is 0. The van der Waals surface area contributed by atoms with E-state index in [0.717, 1.165) is 12.8 Å². The molecule has 0 N–H and O–H groups in total. The van der Waals surface area contributed by atoms with Gasteiger partial charge in [0.25, 0.3) is 0 Å². The fraction of sp³-hybridized carbons (Fsp3) is 0.533. The lowest BCUT2D eigenvalue weighted by molar-refractivity contribution is 0.651. The van der Waals surface area contributed by atoms with Crippen molar-refractivity contribution >= 4 is 0 Å². The van der Waals surface area contributed by atoms with Crippen LogP contribution in [0.15, 0.2) is 36.5 Å². The SMILES string of the molecule is [CH2]CCCCCCC=CC=CC=CCC. The van der Waals surface area contributed by atoms with Crippen LogP contribution in [0.1, 0.15) is 51.9 Å². The highest BCUT2D eigenvalue weighted by Crippen LogP contribution is 2.05. The van der Waals surface area contributed by atoms with Crippen molar-refractivity contribution in [3.63, 3.8) is 0 Å². The van der Waals surface area contributed by atoms with E-state index in [0.29, 0.717) is 0 Å². The Balaban J connectivity index is 3.23. The van der Waals surface area contributed by atoms with Crippen LogP contribution in [0.3, 0.4) is 0 Å². The van der Waals surface area contributed by atoms with Crippen LogP contribution in [-0.2, 0) is 0 Å². The summed E-state index contributed by atoms with van der Waals surface area (Å²) in [5, 5.41) is 0. The minimum absolute atomic E-state index is 1.09. The third kappa shape index (κ3) is 13.2. The third-order valence-electron chi connectivity index (χ3n) is 2.21. The van der Waals surface area contributed by atoms with Crippen molar-refractivity contribution in [3.8, 4) is 0 Å². The number of hydrogen-bond donors (Lipinski definition) is 0. The van der Waals surface area contributed by atoms with E-state index in [9.17, 15) is 0 Å². The summed E-state index contributed by atoms with van der Waals surface area (Å²) in [6.07, 6.45) is 21.5. The van der Waals surface area contributed by atoms with E-state index in [1.807, 2.05) is 0 Å². The van der Waals surface area contributed by atoms with Crippen LogP contribution < -0.4 is 0 Å². The highest BCUT2D eigenvalue weighted by Gasteiger charge is 1.85. The predicted molar refractivity (Wildman–Crippen MR) is 70.8 cm³/mol. The standard InChI is InChI=1S/C15H25/c1-3-5-7-9-11-13-15-14-12-10-8-6-4-2/h6,8,10,12,14-15H,1,3-5,7,9,11,13H2,2H3. The Morgan fingerprint density at radius 3 is 2.13 bits per heavy atom. The van der Waals surface area contributed by atoms with E-state index < -0.39 is 0 Å². The van der Waals surface area contributed by atoms with E-state index in [4.69, 9.17) is 0 Å². The highest BCUT2D eigenvalue weighted by molar-refractivity contribution is 5.10. The van der Waals surface area contributed by atoms with Gasteiger partial charge in [0.15, 0.2) is 0 Å². The van der Waals surface area contributed by atoms with Crippen molar-refractivity contribution < 1.29 is 0 Å². The van der Waals surface area contributed by atoms with E-state index in [2.05, 4.69) is 50.3 Å². The Morgan fingerprint density at radius 2 is 1.47 bits per heavy atom. The van der Waals surface area contributed by atoms with Crippen molar-refractivity contribution in [1.82, 2.24) is 0 Å². The highest BCUT2D eigenvalue weighted by atomic mass is 13.9. The van der Waals surface area contributed by atoms with Crippen LogP contribution in [-0.4, -0.2) is 0 Å². The van der Waals surface area contributed by atoms with Gasteiger partial charge in [-0.05, 0) is 19.3 Å². The lowest BCUT2D eigenvalue weighted by atomic mass is 10.1. The maximum Gasteiger partial charge on any atom is -0.0348 e. The summed E-state index contributed by atoms with van der Waals surface area (Å²) >= 11 is 0. The van der Waals surface area contributed by atoms with Crippen LogP contribution in [0, 0.1) is 6.92 Å². The van der Waals surface area contributed by atoms with Gasteiger partial charge in [-0.3, -0.25) is 0 Å². The molecule has 0 bridgehead atoms. The van der Waals surface area contributed by atoms with E-state index in [1.165, 1.54) is 32.1 Å². The summed E-state index contributed by atoms with van der Waals surface area (Å²) in [5.74, 6) is 0. The third-order valence-corrected chi connectivity index (χ3v) is 2.21. The zero-order valence-electron chi connectivity index (χ0n) is 10.1. The minimum Gasteiger partial charge on any atom is -0.0848 e. The summed E-state index contributed by atoms with van der Waals surface area (Å²) in [5.41, 5.74) is 0. The smallest absolute Gasteiger partial charge is 0.0348 e. The van der Waals surface area contributed by atoms with Gasteiger partial charge >= 0.3 is 0 Å². The molecule has 0 spiro atoms. The molecule has 0 rings (SSSR count). The van der Waals surface area contributed by atoms with Crippen LogP contribution in [0.5, 0.6) is 0 Å². The first-order valence-electron chi connectivity index (χ1n) is 6.19. The Kier molecular flexibility index (Phi) is 12.5. The number of rotatable bonds is 9. The molecule has 85 valence electrons. The molecule has 0 aliphatic heterocycles. The zero-order chi connectivity index (χ0) is 11.2. The lowest BCUT2D eigenvalue weighted by Crippen LogP contribution is -1.75. The molecule has 0 nitrogen and oxygen atoms in total. The average Bonchev–Trinajstić information content (AvgIpc) is 2.26. The summed E-state index contributed by atoms with van der Waals surface area (Å²) in [7, 11) is 0. The molecule has 0 saturated heterocycles. The van der Waals surface area contributed by atoms with E-state index >= 15 is 0 Å². The number of hydrogen-bond acceptors (Lipinski definition) is 0. The predicted octanol–water partition coefficient (Wildman–Crippen LogP) is 5.24. The largest absolute Gasteiger partial charge is 0.0848 e. The molecule has 0 aliphatic carbocycles. The molecule has 0 amide bonds. The van der Waals surface area contributed by atoms with Crippen molar-refractivity contribution in [2.24, 2.45) is 0 Å². The molecule has 0 aliphatic rings. The van der Waals surface area contributed by atoms with E-state index in [-0.39, 0.29) is 0 Å². The van der Waals surface area contributed by atoms with Crippen LogP contribution >= 0.6 is 0 Å². The van der Waals surface area contributed by atoms with Gasteiger partial charge < -0.3 is 0 Å². The van der Waals surface area contributed by atoms with Gasteiger partial charge in [0, 0.05) is 0 Å². The van der Waals surface area contributed by atoms with Gasteiger partial charge in [0.2, 0.25) is 0 Å². The van der Waals surface area contributed by atoms with E-state index in [1.54, 1.807) is 0 Å². The van der Waals surface area contributed by atoms with Crippen molar-refractivity contribution in [1.29, 1.82) is 0 Å². The van der Waals surface area contributed by atoms with Crippen molar-refractivity contribution in [3.05, 3.63) is 43.4 Å². The van der Waals surface area contributed by atoms with Crippen molar-refractivity contribution in [2.45, 2.75) is 51.9 Å². The first-order chi connectivity index (χ1) is 7.41. The van der Waals surface area contributed by atoms with Gasteiger partial charge in [-0.25, -0.2) is 0 Å². The zero-order valence-corrected chi connectivity index (χ0v) is 10.1. The van der Waals surface area contributed by atoms with Crippen molar-refractivity contribution in [2.75, 3.05) is 0 Å². The molecular formula is C15H25. The second-order valence-corrected chi connectivity index (χ2v) is 3.71. The van der Waals surface area contributed by atoms with Gasteiger partial charge in [0.05, 0.1) is 0 Å². The molecule has 0 aromatic heterocycles. The fourth-order valence-electron chi connectivity index (χ4n) is 1.31. The molecule has 0 saturated carbocycles. The number of allylic oxidation sites excluding steroid dienone is 6. The monoisotopic (exact) mass is 205 g/mol. The second kappa shape index (κ2) is 13.2. The maximum atomic E-state index is 3.84. The Hall–Kier alpha value is -0.780. The molecule has 1 radical (unpaired) electrons. The lowest BCUT2D eigenvalue weighted by Gasteiger charge is -1.95. The average molecular weight is 205 g/mol. The molecule has 0 atom stereocenters. The summed E-state index contributed by atoms with van der Waals surface area (Å²) in [6.45, 7) is 5.98. The molecule has 0 heteroatoms. The molecular weight excluding hydrogens is 180 g/mol. The molecule has 15 heavy (non-hydrogen) atoms. The first-order valence-corrected chi connectivity index (χ1v) is 6.19. The summed E-state index contributed by atoms with van der Waals surface area (Å²) in [4.78, 5) is 0. The summed E-state index contributed by atoms with van der Waals surface area (Å²) in [6, 6.07) is 0. The van der Waals surface area contributed by atoms with Crippen LogP contribution in [0.4, 0.5) is 0 Å². The molecule has 0 aromatic rings. The maximum absolute atomic E-state index is 3.84. The molecule has 0 fully saturated rings. The normalized spacial score (nSPS) is 12.4.